The van der Waals surface area contributed by atoms with Crippen molar-refractivity contribution in [1.82, 2.24) is 29.5 Å². The number of hydrogen-bond donors (Lipinski definition) is 1. The molecule has 1 saturated heterocycles. The van der Waals surface area contributed by atoms with Crippen LogP contribution >= 0.6 is 0 Å². The minimum Gasteiger partial charge on any atom is -0.276 e. The fourth-order valence-corrected chi connectivity index (χ4v) is 3.83. The summed E-state index contributed by atoms with van der Waals surface area (Å²) in [6, 6.07) is 0. The Morgan fingerprint density at radius 2 is 2.05 bits per heavy atom. The Bertz CT molecular complexity index is 670. The van der Waals surface area contributed by atoms with E-state index in [4.69, 9.17) is 0 Å². The molecule has 0 unspecified atom stereocenters. The molecule has 8 nitrogen and oxygen atoms in total. The van der Waals surface area contributed by atoms with Gasteiger partial charge < -0.3 is 0 Å². The van der Waals surface area contributed by atoms with Crippen molar-refractivity contribution >= 4 is 10.0 Å². The Morgan fingerprint density at radius 1 is 1.30 bits per heavy atom. The molecule has 0 atom stereocenters. The molecule has 1 aliphatic rings. The minimum atomic E-state index is -3.51. The molecule has 0 aromatic carbocycles. The quantitative estimate of drug-likeness (QED) is 0.867. The van der Waals surface area contributed by atoms with Gasteiger partial charge in [0.1, 0.15) is 0 Å². The van der Waals surface area contributed by atoms with Crippen molar-refractivity contribution in [2.75, 3.05) is 13.1 Å². The molecule has 3 heterocycles. The van der Waals surface area contributed by atoms with Crippen molar-refractivity contribution in [3.63, 3.8) is 0 Å². The first kappa shape index (κ1) is 13.3. The highest BCUT2D eigenvalue weighted by Gasteiger charge is 2.31. The molecule has 0 spiro atoms. The van der Waals surface area contributed by atoms with E-state index in [1.54, 1.807) is 4.68 Å². The molecule has 2 aromatic heterocycles. The predicted octanol–water partition coefficient (Wildman–Crippen LogP) is 0.106. The Morgan fingerprint density at radius 3 is 2.60 bits per heavy atom. The summed E-state index contributed by atoms with van der Waals surface area (Å²) in [7, 11) is -1.63. The van der Waals surface area contributed by atoms with Crippen LogP contribution in [-0.4, -0.2) is 51.0 Å². The van der Waals surface area contributed by atoms with Crippen molar-refractivity contribution in [3.05, 3.63) is 24.2 Å². The first-order valence-electron chi connectivity index (χ1n) is 6.42. The summed E-state index contributed by atoms with van der Waals surface area (Å²) in [5.41, 5.74) is 1.17. The summed E-state index contributed by atoms with van der Waals surface area (Å²) in [6.07, 6.45) is 6.67. The smallest absolute Gasteiger partial charge is 0.264 e. The number of aromatic nitrogens is 5. The van der Waals surface area contributed by atoms with Crippen LogP contribution in [0.5, 0.6) is 0 Å². The molecule has 0 saturated carbocycles. The van der Waals surface area contributed by atoms with Gasteiger partial charge in [-0.3, -0.25) is 4.68 Å². The molecule has 0 aliphatic carbocycles. The van der Waals surface area contributed by atoms with Gasteiger partial charge >= 0.3 is 0 Å². The molecule has 0 radical (unpaired) electrons. The van der Waals surface area contributed by atoms with E-state index >= 15 is 0 Å². The van der Waals surface area contributed by atoms with Gasteiger partial charge in [0.2, 0.25) is 5.03 Å². The van der Waals surface area contributed by atoms with Gasteiger partial charge in [0.25, 0.3) is 10.0 Å². The van der Waals surface area contributed by atoms with E-state index in [0.717, 1.165) is 12.8 Å². The fourth-order valence-electron chi connectivity index (χ4n) is 2.53. The largest absolute Gasteiger partial charge is 0.276 e. The van der Waals surface area contributed by atoms with Crippen LogP contribution in [0.15, 0.2) is 23.6 Å². The first-order valence-corrected chi connectivity index (χ1v) is 7.86. The third kappa shape index (κ3) is 2.34. The van der Waals surface area contributed by atoms with Gasteiger partial charge in [-0.25, -0.2) is 8.42 Å². The van der Waals surface area contributed by atoms with Gasteiger partial charge in [-0.2, -0.15) is 19.7 Å². The zero-order valence-electron chi connectivity index (χ0n) is 11.1. The van der Waals surface area contributed by atoms with Gasteiger partial charge in [-0.15, -0.1) is 5.10 Å². The third-order valence-corrected chi connectivity index (χ3v) is 5.42. The van der Waals surface area contributed by atoms with Crippen molar-refractivity contribution in [1.29, 1.82) is 0 Å². The van der Waals surface area contributed by atoms with Gasteiger partial charge in [-0.1, -0.05) is 0 Å². The summed E-state index contributed by atoms with van der Waals surface area (Å²) < 4.78 is 27.8. The second kappa shape index (κ2) is 4.98. The van der Waals surface area contributed by atoms with E-state index in [0.29, 0.717) is 19.0 Å². The first-order chi connectivity index (χ1) is 9.57. The topological polar surface area (TPSA) is 96.8 Å². The molecule has 0 amide bonds. The van der Waals surface area contributed by atoms with E-state index in [1.807, 2.05) is 19.4 Å². The van der Waals surface area contributed by atoms with Crippen LogP contribution in [0, 0.1) is 0 Å². The number of aryl methyl sites for hydroxylation is 1. The van der Waals surface area contributed by atoms with E-state index in [9.17, 15) is 8.42 Å². The highest BCUT2D eigenvalue weighted by atomic mass is 32.2. The lowest BCUT2D eigenvalue weighted by Crippen LogP contribution is -2.38. The average Bonchev–Trinajstić information content (AvgIpc) is 3.10. The Kier molecular flexibility index (Phi) is 3.30. The summed E-state index contributed by atoms with van der Waals surface area (Å²) in [4.78, 5) is 0. The Balaban J connectivity index is 1.70. The van der Waals surface area contributed by atoms with Crippen LogP contribution in [0.25, 0.3) is 0 Å². The molecule has 0 bridgehead atoms. The molecule has 1 fully saturated rings. The molecular formula is C11H16N6O2S. The fraction of sp³-hybridized carbons (Fsp3) is 0.545. The van der Waals surface area contributed by atoms with Gasteiger partial charge in [0, 0.05) is 26.3 Å². The molecule has 3 rings (SSSR count). The molecular weight excluding hydrogens is 280 g/mol. The number of nitrogens with one attached hydrogen (secondary N) is 1. The lowest BCUT2D eigenvalue weighted by atomic mass is 9.93. The maximum Gasteiger partial charge on any atom is 0.264 e. The number of hydrogen-bond acceptors (Lipinski definition) is 5. The van der Waals surface area contributed by atoms with E-state index in [-0.39, 0.29) is 5.03 Å². The summed E-state index contributed by atoms with van der Waals surface area (Å²) in [6.45, 7) is 0.990. The molecule has 2 aromatic rings. The van der Waals surface area contributed by atoms with E-state index in [2.05, 4.69) is 20.5 Å². The SMILES string of the molecule is Cn1cc(C2CCN(S(=O)(=O)c3cn[nH]n3)CC2)cn1. The Labute approximate surface area is 116 Å². The van der Waals surface area contributed by atoms with Crippen molar-refractivity contribution in [3.8, 4) is 0 Å². The summed E-state index contributed by atoms with van der Waals surface area (Å²) in [5, 5.41) is 13.7. The average molecular weight is 296 g/mol. The van der Waals surface area contributed by atoms with E-state index < -0.39 is 10.0 Å². The van der Waals surface area contributed by atoms with Crippen molar-refractivity contribution in [2.24, 2.45) is 7.05 Å². The van der Waals surface area contributed by atoms with Crippen LogP contribution in [0.1, 0.15) is 24.3 Å². The number of aromatic amines is 1. The molecule has 9 heteroatoms. The maximum atomic E-state index is 12.3. The highest BCUT2D eigenvalue weighted by Crippen LogP contribution is 2.29. The van der Waals surface area contributed by atoms with Gasteiger partial charge in [-0.05, 0) is 24.3 Å². The lowest BCUT2D eigenvalue weighted by molar-refractivity contribution is 0.318. The molecule has 1 aliphatic heterocycles. The second-order valence-electron chi connectivity index (χ2n) is 4.93. The van der Waals surface area contributed by atoms with E-state index in [1.165, 1.54) is 16.1 Å². The summed E-state index contributed by atoms with van der Waals surface area (Å²) >= 11 is 0. The normalized spacial score (nSPS) is 18.4. The number of rotatable bonds is 3. The number of piperidine rings is 1. The molecule has 1 N–H and O–H groups in total. The number of nitrogens with zero attached hydrogens (tertiary/aromatic N) is 5. The predicted molar refractivity (Wildman–Crippen MR) is 70.3 cm³/mol. The molecule has 108 valence electrons. The zero-order chi connectivity index (χ0) is 14.2. The highest BCUT2D eigenvalue weighted by molar-refractivity contribution is 7.89. The lowest BCUT2D eigenvalue weighted by Gasteiger charge is -2.29. The van der Waals surface area contributed by atoms with Crippen molar-refractivity contribution < 1.29 is 8.42 Å². The summed E-state index contributed by atoms with van der Waals surface area (Å²) in [5.74, 6) is 0.368. The van der Waals surface area contributed by atoms with Crippen LogP contribution in [0.4, 0.5) is 0 Å². The number of sulfonamides is 1. The third-order valence-electron chi connectivity index (χ3n) is 3.65. The Hall–Kier alpha value is -1.74. The zero-order valence-corrected chi connectivity index (χ0v) is 11.9. The van der Waals surface area contributed by atoms with Crippen LogP contribution < -0.4 is 0 Å². The minimum absolute atomic E-state index is 0.0164. The maximum absolute atomic E-state index is 12.3. The monoisotopic (exact) mass is 296 g/mol. The standard InChI is InChI=1S/C11H16N6O2S/c1-16-8-10(6-13-16)9-2-4-17(5-3-9)20(18,19)11-7-12-15-14-11/h6-9H,2-5H2,1H3,(H,12,14,15). The van der Waals surface area contributed by atoms with Gasteiger partial charge in [0.05, 0.1) is 12.4 Å². The van der Waals surface area contributed by atoms with Gasteiger partial charge in [0.15, 0.2) is 0 Å². The van der Waals surface area contributed by atoms with Crippen LogP contribution in [0.2, 0.25) is 0 Å². The van der Waals surface area contributed by atoms with Crippen molar-refractivity contribution in [2.45, 2.75) is 23.8 Å². The molecule has 20 heavy (non-hydrogen) atoms. The second-order valence-corrected chi connectivity index (χ2v) is 6.82. The van der Waals surface area contributed by atoms with Crippen LogP contribution in [-0.2, 0) is 17.1 Å². The number of H-pyrrole nitrogens is 1. The van der Waals surface area contributed by atoms with Crippen LogP contribution in [0.3, 0.4) is 0 Å².